The zero-order valence-electron chi connectivity index (χ0n) is 11.1. The Balaban J connectivity index is 1.82. The van der Waals surface area contributed by atoms with Crippen LogP contribution in [0, 0.1) is 0 Å². The molecular formula is C15H12N4OS. The first kappa shape index (κ1) is 13.5. The Hall–Kier alpha value is -2.47. The number of para-hydroxylation sites is 1. The average molecular weight is 296 g/mol. The van der Waals surface area contributed by atoms with Crippen molar-refractivity contribution in [2.75, 3.05) is 10.7 Å². The van der Waals surface area contributed by atoms with Gasteiger partial charge in [-0.3, -0.25) is 14.7 Å². The quantitative estimate of drug-likeness (QED) is 0.646. The number of benzene rings is 1. The van der Waals surface area contributed by atoms with E-state index >= 15 is 0 Å². The fraction of sp³-hybridized carbons (Fsp3) is 0.0667. The van der Waals surface area contributed by atoms with Gasteiger partial charge in [0.15, 0.2) is 5.17 Å². The molecule has 0 N–H and O–H groups in total. The molecule has 6 heteroatoms. The van der Waals surface area contributed by atoms with Crippen molar-refractivity contribution in [3.63, 3.8) is 0 Å². The molecule has 0 bridgehead atoms. The lowest BCUT2D eigenvalue weighted by atomic mass is 10.3. The maximum Gasteiger partial charge on any atom is 0.243 e. The summed E-state index contributed by atoms with van der Waals surface area (Å²) in [7, 11) is 0. The van der Waals surface area contributed by atoms with Crippen LogP contribution in [0.4, 0.5) is 5.69 Å². The normalized spacial score (nSPS) is 17.0. The van der Waals surface area contributed by atoms with Crippen LogP contribution < -0.4 is 4.90 Å². The third-order valence-corrected chi connectivity index (χ3v) is 3.73. The van der Waals surface area contributed by atoms with Crippen molar-refractivity contribution in [3.8, 4) is 0 Å². The second kappa shape index (κ2) is 6.32. The van der Waals surface area contributed by atoms with Crippen molar-refractivity contribution >= 4 is 34.7 Å². The van der Waals surface area contributed by atoms with Crippen LogP contribution in [0.3, 0.4) is 0 Å². The molecule has 1 aromatic carbocycles. The van der Waals surface area contributed by atoms with E-state index in [9.17, 15) is 4.79 Å². The molecule has 1 saturated heterocycles. The molecule has 0 radical (unpaired) electrons. The number of nitrogens with zero attached hydrogens (tertiary/aromatic N) is 4. The highest BCUT2D eigenvalue weighted by Crippen LogP contribution is 2.26. The molecule has 5 nitrogen and oxygen atoms in total. The van der Waals surface area contributed by atoms with Gasteiger partial charge in [-0.25, -0.2) is 0 Å². The largest absolute Gasteiger partial charge is 0.273 e. The van der Waals surface area contributed by atoms with Gasteiger partial charge < -0.3 is 0 Å². The predicted molar refractivity (Wildman–Crippen MR) is 85.7 cm³/mol. The predicted octanol–water partition coefficient (Wildman–Crippen LogP) is 2.55. The zero-order valence-corrected chi connectivity index (χ0v) is 11.9. The van der Waals surface area contributed by atoms with Gasteiger partial charge in [0.25, 0.3) is 0 Å². The van der Waals surface area contributed by atoms with E-state index in [1.165, 1.54) is 11.8 Å². The Kier molecular flexibility index (Phi) is 4.07. The molecule has 2 heterocycles. The van der Waals surface area contributed by atoms with Crippen molar-refractivity contribution < 1.29 is 4.79 Å². The SMILES string of the molecule is O=C1CSC(=NN=Cc2cccnc2)N1c1ccccc1. The molecule has 0 spiro atoms. The van der Waals surface area contributed by atoms with Crippen LogP contribution in [0.1, 0.15) is 5.56 Å². The average Bonchev–Trinajstić information content (AvgIpc) is 2.90. The number of pyridine rings is 1. The van der Waals surface area contributed by atoms with Gasteiger partial charge in [0, 0.05) is 18.0 Å². The van der Waals surface area contributed by atoms with Crippen LogP contribution in [0.5, 0.6) is 0 Å². The van der Waals surface area contributed by atoms with Crippen LogP contribution in [0.2, 0.25) is 0 Å². The van der Waals surface area contributed by atoms with Gasteiger partial charge in [-0.15, -0.1) is 5.10 Å². The van der Waals surface area contributed by atoms with Crippen molar-refractivity contribution in [3.05, 3.63) is 60.4 Å². The summed E-state index contributed by atoms with van der Waals surface area (Å²) < 4.78 is 0. The number of hydrogen-bond acceptors (Lipinski definition) is 5. The number of thioether (sulfide) groups is 1. The smallest absolute Gasteiger partial charge is 0.243 e. The highest BCUT2D eigenvalue weighted by Gasteiger charge is 2.29. The number of carbonyl (C=O) groups is 1. The van der Waals surface area contributed by atoms with E-state index in [1.807, 2.05) is 42.5 Å². The van der Waals surface area contributed by atoms with E-state index in [1.54, 1.807) is 23.5 Å². The molecule has 1 amide bonds. The monoisotopic (exact) mass is 296 g/mol. The van der Waals surface area contributed by atoms with Crippen LogP contribution in [0.15, 0.2) is 65.1 Å². The highest BCUT2D eigenvalue weighted by molar-refractivity contribution is 8.15. The Morgan fingerprint density at radius 2 is 2.05 bits per heavy atom. The third kappa shape index (κ3) is 3.17. The van der Waals surface area contributed by atoms with Crippen LogP contribution in [-0.4, -0.2) is 28.0 Å². The molecule has 1 aliphatic rings. The van der Waals surface area contributed by atoms with Crippen molar-refractivity contribution in [2.45, 2.75) is 0 Å². The molecule has 1 aliphatic heterocycles. The molecule has 104 valence electrons. The summed E-state index contributed by atoms with van der Waals surface area (Å²) in [5.74, 6) is 0.400. The summed E-state index contributed by atoms with van der Waals surface area (Å²) in [5.41, 5.74) is 1.67. The standard InChI is InChI=1S/C15H12N4OS/c20-14-11-21-15(19(14)13-6-2-1-3-7-13)18-17-10-12-5-4-8-16-9-12/h1-10H,11H2. The molecule has 0 saturated carbocycles. The topological polar surface area (TPSA) is 57.9 Å². The van der Waals surface area contributed by atoms with E-state index < -0.39 is 0 Å². The van der Waals surface area contributed by atoms with E-state index in [2.05, 4.69) is 15.2 Å². The van der Waals surface area contributed by atoms with Gasteiger partial charge in [0.05, 0.1) is 17.7 Å². The van der Waals surface area contributed by atoms with Gasteiger partial charge in [-0.05, 0) is 18.2 Å². The minimum absolute atomic E-state index is 0.0153. The van der Waals surface area contributed by atoms with Crippen molar-refractivity contribution in [1.82, 2.24) is 4.98 Å². The number of carbonyl (C=O) groups excluding carboxylic acids is 1. The van der Waals surface area contributed by atoms with Gasteiger partial charge in [0.1, 0.15) is 0 Å². The Bertz CT molecular complexity index is 685. The number of anilines is 1. The van der Waals surface area contributed by atoms with E-state index in [-0.39, 0.29) is 5.91 Å². The van der Waals surface area contributed by atoms with Crippen LogP contribution >= 0.6 is 11.8 Å². The number of amidine groups is 1. The summed E-state index contributed by atoms with van der Waals surface area (Å²) in [6.07, 6.45) is 5.02. The third-order valence-electron chi connectivity index (χ3n) is 2.81. The molecule has 0 atom stereocenters. The van der Waals surface area contributed by atoms with E-state index in [0.29, 0.717) is 10.9 Å². The van der Waals surface area contributed by atoms with Gasteiger partial charge >= 0.3 is 0 Å². The van der Waals surface area contributed by atoms with Gasteiger partial charge in [-0.2, -0.15) is 5.10 Å². The maximum atomic E-state index is 12.0. The molecule has 0 unspecified atom stereocenters. The summed E-state index contributed by atoms with van der Waals surface area (Å²) in [4.78, 5) is 17.6. The summed E-state index contributed by atoms with van der Waals surface area (Å²) >= 11 is 1.39. The first-order valence-corrected chi connectivity index (χ1v) is 7.35. The highest BCUT2D eigenvalue weighted by atomic mass is 32.2. The molecule has 21 heavy (non-hydrogen) atoms. The number of amides is 1. The van der Waals surface area contributed by atoms with Gasteiger partial charge in [0.2, 0.25) is 5.91 Å². The van der Waals surface area contributed by atoms with Gasteiger partial charge in [-0.1, -0.05) is 36.0 Å². The second-order valence-corrected chi connectivity index (χ2v) is 5.21. The van der Waals surface area contributed by atoms with Crippen molar-refractivity contribution in [1.29, 1.82) is 0 Å². The lowest BCUT2D eigenvalue weighted by Crippen LogP contribution is -2.28. The Morgan fingerprint density at radius 3 is 2.81 bits per heavy atom. The lowest BCUT2D eigenvalue weighted by Gasteiger charge is -2.14. The number of rotatable bonds is 3. The Labute approximate surface area is 126 Å². The number of aromatic nitrogens is 1. The molecule has 1 fully saturated rings. The first-order chi connectivity index (χ1) is 10.3. The minimum Gasteiger partial charge on any atom is -0.273 e. The molecular weight excluding hydrogens is 284 g/mol. The zero-order chi connectivity index (χ0) is 14.5. The fourth-order valence-corrected chi connectivity index (χ4v) is 2.69. The molecule has 1 aromatic heterocycles. The van der Waals surface area contributed by atoms with E-state index in [4.69, 9.17) is 0 Å². The number of hydrogen-bond donors (Lipinski definition) is 0. The summed E-state index contributed by atoms with van der Waals surface area (Å²) in [5, 5.41) is 8.78. The van der Waals surface area contributed by atoms with Crippen molar-refractivity contribution in [2.24, 2.45) is 10.2 Å². The molecule has 3 rings (SSSR count). The second-order valence-electron chi connectivity index (χ2n) is 4.27. The molecule has 2 aromatic rings. The minimum atomic E-state index is 0.0153. The lowest BCUT2D eigenvalue weighted by molar-refractivity contribution is -0.115. The summed E-state index contributed by atoms with van der Waals surface area (Å²) in [6.45, 7) is 0. The van der Waals surface area contributed by atoms with Crippen LogP contribution in [0.25, 0.3) is 0 Å². The first-order valence-electron chi connectivity index (χ1n) is 6.36. The molecule has 0 aliphatic carbocycles. The Morgan fingerprint density at radius 1 is 1.19 bits per heavy atom. The van der Waals surface area contributed by atoms with Crippen LogP contribution in [-0.2, 0) is 4.79 Å². The van der Waals surface area contributed by atoms with E-state index in [0.717, 1.165) is 11.3 Å². The summed E-state index contributed by atoms with van der Waals surface area (Å²) in [6, 6.07) is 13.2. The fourth-order valence-electron chi connectivity index (χ4n) is 1.86. The maximum absolute atomic E-state index is 12.0.